The number of hydrogen-bond donors (Lipinski definition) is 0. The van der Waals surface area contributed by atoms with E-state index in [0.717, 1.165) is 0 Å². The summed E-state index contributed by atoms with van der Waals surface area (Å²) >= 11 is 0. The Labute approximate surface area is 232 Å². The molecule has 2 aromatic carbocycles. The number of benzene rings is 2. The Balaban J connectivity index is 1.94. The van der Waals surface area contributed by atoms with Crippen LogP contribution in [0.1, 0.15) is 62.2 Å². The first kappa shape index (κ1) is 29.0. The van der Waals surface area contributed by atoms with Crippen molar-refractivity contribution in [3.05, 3.63) is 59.0 Å². The Hall–Kier alpha value is -3.56. The maximum absolute atomic E-state index is 16.0. The predicted molar refractivity (Wildman–Crippen MR) is 144 cm³/mol. The van der Waals surface area contributed by atoms with E-state index in [4.69, 9.17) is 18.3 Å². The van der Waals surface area contributed by atoms with Crippen LogP contribution in [0.4, 0.5) is 26.3 Å². The SMILES string of the molecule is CCCCc1oc2cc(OC)ccc2c1C1=C(c2c(CCCC)oc3cc(OC)ccc23)C(F)(F)C(F)(F)C1(F)F. The van der Waals surface area contributed by atoms with Crippen LogP contribution in [0, 0.1) is 0 Å². The summed E-state index contributed by atoms with van der Waals surface area (Å²) in [7, 11) is 2.79. The zero-order chi connectivity index (χ0) is 29.7. The third-order valence-electron chi connectivity index (χ3n) is 7.62. The minimum atomic E-state index is -5.72. The number of furan rings is 2. The first-order valence-electron chi connectivity index (χ1n) is 13.5. The fraction of sp³-hybridized carbons (Fsp3) is 0.419. The van der Waals surface area contributed by atoms with Gasteiger partial charge in [-0.15, -0.1) is 0 Å². The molecule has 0 fully saturated rings. The van der Waals surface area contributed by atoms with Crippen LogP contribution in [0.15, 0.2) is 45.2 Å². The lowest BCUT2D eigenvalue weighted by Gasteiger charge is -2.26. The van der Waals surface area contributed by atoms with Crippen LogP contribution in [0.3, 0.4) is 0 Å². The Morgan fingerprint density at radius 3 is 1.37 bits per heavy atom. The average molecular weight is 581 g/mol. The van der Waals surface area contributed by atoms with Crippen LogP contribution in [-0.2, 0) is 12.8 Å². The number of ether oxygens (including phenoxy) is 2. The molecule has 2 heterocycles. The summed E-state index contributed by atoms with van der Waals surface area (Å²) in [6.45, 7) is 3.71. The molecule has 0 saturated heterocycles. The van der Waals surface area contributed by atoms with Gasteiger partial charge in [-0.1, -0.05) is 26.7 Å². The molecule has 0 saturated carbocycles. The second-order valence-corrected chi connectivity index (χ2v) is 10.2. The summed E-state index contributed by atoms with van der Waals surface area (Å²) in [5.74, 6) is -15.7. The minimum Gasteiger partial charge on any atom is -0.497 e. The van der Waals surface area contributed by atoms with Crippen molar-refractivity contribution in [2.45, 2.75) is 70.1 Å². The average Bonchev–Trinajstić information content (AvgIpc) is 3.51. The van der Waals surface area contributed by atoms with Crippen molar-refractivity contribution in [1.29, 1.82) is 0 Å². The molecule has 5 rings (SSSR count). The first-order chi connectivity index (χ1) is 19.4. The largest absolute Gasteiger partial charge is 0.497 e. The van der Waals surface area contributed by atoms with E-state index in [1.807, 2.05) is 13.8 Å². The zero-order valence-corrected chi connectivity index (χ0v) is 23.1. The van der Waals surface area contributed by atoms with Gasteiger partial charge in [-0.3, -0.25) is 0 Å². The molecule has 41 heavy (non-hydrogen) atoms. The van der Waals surface area contributed by atoms with Gasteiger partial charge in [0.1, 0.15) is 34.2 Å². The van der Waals surface area contributed by atoms with Crippen LogP contribution in [0.5, 0.6) is 11.5 Å². The highest BCUT2D eigenvalue weighted by Gasteiger charge is 2.81. The van der Waals surface area contributed by atoms with Gasteiger partial charge in [0.2, 0.25) is 0 Å². The number of hydrogen-bond acceptors (Lipinski definition) is 4. The molecule has 0 N–H and O–H groups in total. The molecular weight excluding hydrogens is 550 g/mol. The van der Waals surface area contributed by atoms with Crippen LogP contribution >= 0.6 is 0 Å². The summed E-state index contributed by atoms with van der Waals surface area (Å²) in [5, 5.41) is 0.0318. The molecule has 0 aliphatic heterocycles. The molecule has 0 spiro atoms. The highest BCUT2D eigenvalue weighted by atomic mass is 19.3. The monoisotopic (exact) mass is 580 g/mol. The van der Waals surface area contributed by atoms with Gasteiger partial charge in [-0.05, 0) is 37.1 Å². The fourth-order valence-corrected chi connectivity index (χ4v) is 5.47. The number of aryl methyl sites for hydroxylation is 2. The van der Waals surface area contributed by atoms with Crippen LogP contribution in [-0.4, -0.2) is 32.0 Å². The maximum Gasteiger partial charge on any atom is 0.380 e. The maximum atomic E-state index is 16.0. The molecule has 4 aromatic rings. The van der Waals surface area contributed by atoms with Crippen molar-refractivity contribution >= 4 is 33.1 Å². The van der Waals surface area contributed by atoms with E-state index in [0.29, 0.717) is 37.2 Å². The van der Waals surface area contributed by atoms with Gasteiger partial charge in [0, 0.05) is 58.0 Å². The van der Waals surface area contributed by atoms with Gasteiger partial charge >= 0.3 is 17.8 Å². The highest BCUT2D eigenvalue weighted by molar-refractivity contribution is 6.11. The lowest BCUT2D eigenvalue weighted by atomic mass is 9.90. The second-order valence-electron chi connectivity index (χ2n) is 10.2. The number of unbranched alkanes of at least 4 members (excludes halogenated alkanes) is 2. The van der Waals surface area contributed by atoms with Crippen molar-refractivity contribution in [1.82, 2.24) is 0 Å². The number of fused-ring (bicyclic) bond motifs is 2. The molecule has 0 unspecified atom stereocenters. The number of rotatable bonds is 10. The number of methoxy groups -OCH3 is 2. The summed E-state index contributed by atoms with van der Waals surface area (Å²) < 4.78 is 117. The summed E-state index contributed by atoms with van der Waals surface area (Å²) in [6, 6.07) is 8.47. The van der Waals surface area contributed by atoms with Crippen molar-refractivity contribution < 1.29 is 44.7 Å². The molecule has 10 heteroatoms. The summed E-state index contributed by atoms with van der Waals surface area (Å²) in [5.41, 5.74) is -3.65. The Morgan fingerprint density at radius 2 is 1.02 bits per heavy atom. The van der Waals surface area contributed by atoms with Crippen molar-refractivity contribution in [3.8, 4) is 11.5 Å². The molecular formula is C31H30F6O4. The second kappa shape index (κ2) is 10.4. The Morgan fingerprint density at radius 1 is 0.634 bits per heavy atom. The van der Waals surface area contributed by atoms with Crippen LogP contribution in [0.25, 0.3) is 33.1 Å². The van der Waals surface area contributed by atoms with Gasteiger partial charge < -0.3 is 18.3 Å². The molecule has 1 aliphatic carbocycles. The van der Waals surface area contributed by atoms with E-state index in [2.05, 4.69) is 0 Å². The van der Waals surface area contributed by atoms with Gasteiger partial charge in [-0.2, -0.15) is 26.3 Å². The van der Waals surface area contributed by atoms with Gasteiger partial charge in [-0.25, -0.2) is 0 Å². The molecule has 2 aromatic heterocycles. The van der Waals surface area contributed by atoms with Crippen LogP contribution < -0.4 is 9.47 Å². The standard InChI is InChI=1S/C31H30F6O4/c1-5-7-9-21-25(19-13-11-17(38-3)15-23(19)40-21)27-28(30(34,35)31(36,37)29(27,32)33)26-20-14-12-18(39-4)16-24(20)41-22(26)10-8-6-2/h11-16H,5-10H2,1-4H3. The lowest BCUT2D eigenvalue weighted by Crippen LogP contribution is -2.49. The van der Waals surface area contributed by atoms with E-state index in [1.54, 1.807) is 0 Å². The molecule has 0 atom stereocenters. The van der Waals surface area contributed by atoms with Crippen LogP contribution in [0.2, 0.25) is 0 Å². The topological polar surface area (TPSA) is 44.7 Å². The third-order valence-corrected chi connectivity index (χ3v) is 7.62. The molecule has 220 valence electrons. The van der Waals surface area contributed by atoms with Gasteiger partial charge in [0.25, 0.3) is 0 Å². The van der Waals surface area contributed by atoms with Crippen molar-refractivity contribution in [2.24, 2.45) is 0 Å². The molecule has 1 aliphatic rings. The minimum absolute atomic E-state index is 0.0159. The Bertz CT molecular complexity index is 1510. The summed E-state index contributed by atoms with van der Waals surface area (Å²) in [4.78, 5) is 0. The number of halogens is 6. The van der Waals surface area contributed by atoms with Gasteiger partial charge in [0.05, 0.1) is 14.2 Å². The van der Waals surface area contributed by atoms with E-state index < -0.39 is 40.0 Å². The summed E-state index contributed by atoms with van der Waals surface area (Å²) in [6.07, 6.45) is 2.34. The Kier molecular flexibility index (Phi) is 7.32. The fourth-order valence-electron chi connectivity index (χ4n) is 5.47. The predicted octanol–water partition coefficient (Wildman–Crippen LogP) is 9.71. The number of allylic oxidation sites excluding steroid dienone is 2. The first-order valence-corrected chi connectivity index (χ1v) is 13.5. The normalized spacial score (nSPS) is 17.6. The quantitative estimate of drug-likeness (QED) is 0.175. The molecule has 0 radical (unpaired) electrons. The van der Waals surface area contributed by atoms with E-state index >= 15 is 26.3 Å². The zero-order valence-electron chi connectivity index (χ0n) is 23.1. The van der Waals surface area contributed by atoms with E-state index in [1.165, 1.54) is 50.6 Å². The van der Waals surface area contributed by atoms with Gasteiger partial charge in [0.15, 0.2) is 0 Å². The van der Waals surface area contributed by atoms with E-state index in [-0.39, 0.29) is 46.3 Å². The van der Waals surface area contributed by atoms with Crippen molar-refractivity contribution in [2.75, 3.05) is 14.2 Å². The van der Waals surface area contributed by atoms with Crippen molar-refractivity contribution in [3.63, 3.8) is 0 Å². The third kappa shape index (κ3) is 4.28. The molecule has 0 amide bonds. The number of alkyl halides is 6. The molecule has 4 nitrogen and oxygen atoms in total. The smallest absolute Gasteiger partial charge is 0.380 e. The molecule has 0 bridgehead atoms. The van der Waals surface area contributed by atoms with E-state index in [9.17, 15) is 0 Å². The highest BCUT2D eigenvalue weighted by Crippen LogP contribution is 2.66. The lowest BCUT2D eigenvalue weighted by molar-refractivity contribution is -0.254.